The Bertz CT molecular complexity index is 1330. The van der Waals surface area contributed by atoms with Crippen LogP contribution in [0.4, 0.5) is 16.3 Å². The summed E-state index contributed by atoms with van der Waals surface area (Å²) in [5.74, 6) is 0.676. The lowest BCUT2D eigenvalue weighted by Gasteiger charge is -2.45. The summed E-state index contributed by atoms with van der Waals surface area (Å²) in [5, 5.41) is 6.08. The van der Waals surface area contributed by atoms with E-state index in [1.807, 2.05) is 36.0 Å². The fraction of sp³-hybridized carbons (Fsp3) is 0.308. The highest BCUT2D eigenvalue weighted by Gasteiger charge is 2.42. The number of urea groups is 1. The van der Waals surface area contributed by atoms with Crippen molar-refractivity contribution in [1.82, 2.24) is 19.9 Å². The number of benzene rings is 1. The molecule has 0 bridgehead atoms. The van der Waals surface area contributed by atoms with Crippen LogP contribution in [0.5, 0.6) is 0 Å². The molecule has 172 valence electrons. The second kappa shape index (κ2) is 7.83. The van der Waals surface area contributed by atoms with Gasteiger partial charge in [-0.1, -0.05) is 24.3 Å². The van der Waals surface area contributed by atoms with Crippen LogP contribution in [-0.4, -0.2) is 39.4 Å². The number of fused-ring (bicyclic) bond motifs is 3. The molecule has 8 nitrogen and oxygen atoms in total. The van der Waals surface area contributed by atoms with Crippen LogP contribution >= 0.6 is 0 Å². The monoisotopic (exact) mass is 454 g/mol. The second-order valence-electron chi connectivity index (χ2n) is 9.24. The van der Waals surface area contributed by atoms with Gasteiger partial charge in [-0.2, -0.15) is 0 Å². The number of hydrogen-bond donors (Lipinski definition) is 2. The van der Waals surface area contributed by atoms with E-state index in [9.17, 15) is 9.59 Å². The number of nitrogens with zero attached hydrogens (tertiary/aromatic N) is 4. The molecule has 34 heavy (non-hydrogen) atoms. The smallest absolute Gasteiger partial charge is 0.319 e. The minimum absolute atomic E-state index is 0.0659. The zero-order valence-electron chi connectivity index (χ0n) is 19.0. The molecular weight excluding hydrogens is 428 g/mol. The number of hydrogen-bond acceptors (Lipinski definition) is 5. The first-order valence-corrected chi connectivity index (χ1v) is 11.7. The van der Waals surface area contributed by atoms with Crippen molar-refractivity contribution in [2.45, 2.75) is 31.2 Å². The summed E-state index contributed by atoms with van der Waals surface area (Å²) >= 11 is 0. The summed E-state index contributed by atoms with van der Waals surface area (Å²) in [6, 6.07) is 9.60. The Kier molecular flexibility index (Phi) is 4.76. The third-order valence-electron chi connectivity index (χ3n) is 7.29. The highest BCUT2D eigenvalue weighted by Crippen LogP contribution is 2.40. The number of carbonyl (C=O) groups is 2. The van der Waals surface area contributed by atoms with Crippen LogP contribution in [0, 0.1) is 0 Å². The van der Waals surface area contributed by atoms with Crippen LogP contribution in [0.25, 0.3) is 6.08 Å². The van der Waals surface area contributed by atoms with E-state index >= 15 is 0 Å². The molecule has 1 fully saturated rings. The van der Waals surface area contributed by atoms with Gasteiger partial charge < -0.3 is 20.1 Å². The van der Waals surface area contributed by atoms with E-state index in [1.54, 1.807) is 6.07 Å². The average Bonchev–Trinajstić information content (AvgIpc) is 3.21. The SMILES string of the molecule is Cn1cc(C(=O)c2cc(N3CCC4(CC3)NC(=O)Nc3ccccc34)ncn2)c2c1C=CCC2. The summed E-state index contributed by atoms with van der Waals surface area (Å²) in [6.45, 7) is 1.43. The van der Waals surface area contributed by atoms with E-state index in [4.69, 9.17) is 0 Å². The predicted molar refractivity (Wildman–Crippen MR) is 130 cm³/mol. The maximum Gasteiger partial charge on any atom is 0.319 e. The minimum atomic E-state index is -0.391. The number of piperidine rings is 1. The van der Waals surface area contributed by atoms with Crippen molar-refractivity contribution in [3.05, 3.63) is 77.0 Å². The molecule has 0 saturated carbocycles. The Balaban J connectivity index is 1.24. The molecule has 2 N–H and O–H groups in total. The Hall–Kier alpha value is -3.94. The summed E-state index contributed by atoms with van der Waals surface area (Å²) < 4.78 is 2.01. The number of aromatic nitrogens is 3. The summed E-state index contributed by atoms with van der Waals surface area (Å²) in [6.07, 6.45) is 10.9. The summed E-state index contributed by atoms with van der Waals surface area (Å²) in [5.41, 5.74) is 4.92. The Morgan fingerprint density at radius 3 is 2.82 bits per heavy atom. The molecule has 0 radical (unpaired) electrons. The normalized spacial score (nSPS) is 18.1. The molecule has 1 spiro atoms. The van der Waals surface area contributed by atoms with Gasteiger partial charge in [-0.3, -0.25) is 4.79 Å². The van der Waals surface area contributed by atoms with E-state index in [-0.39, 0.29) is 11.8 Å². The number of carbonyl (C=O) groups excluding carboxylic acids is 2. The minimum Gasteiger partial charge on any atom is -0.356 e. The first-order valence-electron chi connectivity index (χ1n) is 11.7. The predicted octanol–water partition coefficient (Wildman–Crippen LogP) is 3.64. The van der Waals surface area contributed by atoms with Gasteiger partial charge in [0.05, 0.1) is 5.54 Å². The van der Waals surface area contributed by atoms with Crippen molar-refractivity contribution in [3.63, 3.8) is 0 Å². The molecule has 6 rings (SSSR count). The van der Waals surface area contributed by atoms with Gasteiger partial charge in [0.25, 0.3) is 0 Å². The van der Waals surface area contributed by atoms with Crippen LogP contribution < -0.4 is 15.5 Å². The molecule has 8 heteroatoms. The largest absolute Gasteiger partial charge is 0.356 e. The van der Waals surface area contributed by atoms with Gasteiger partial charge in [-0.25, -0.2) is 14.8 Å². The maximum absolute atomic E-state index is 13.4. The molecule has 2 aliphatic heterocycles. The number of aryl methyl sites for hydroxylation is 1. The standard InChI is InChI=1S/C26H26N6O2/c1-31-15-18(17-6-2-5-9-22(17)31)24(33)21-14-23(28-16-27-21)32-12-10-26(11-13-32)19-7-3-4-8-20(19)29-25(34)30-26/h3-5,7-9,14-16H,2,6,10-13H2,1H3,(H2,29,30,34). The van der Waals surface area contributed by atoms with Gasteiger partial charge in [0.15, 0.2) is 0 Å². The van der Waals surface area contributed by atoms with E-state index in [0.717, 1.165) is 59.6 Å². The highest BCUT2D eigenvalue weighted by atomic mass is 16.2. The molecular formula is C26H26N6O2. The van der Waals surface area contributed by atoms with Crippen molar-refractivity contribution in [2.75, 3.05) is 23.3 Å². The van der Waals surface area contributed by atoms with Crippen LogP contribution in [0.1, 0.15) is 52.1 Å². The van der Waals surface area contributed by atoms with Crippen LogP contribution in [0.15, 0.2) is 48.9 Å². The van der Waals surface area contributed by atoms with Crippen molar-refractivity contribution in [2.24, 2.45) is 7.05 Å². The fourth-order valence-electron chi connectivity index (χ4n) is 5.53. The molecule has 2 aromatic heterocycles. The summed E-state index contributed by atoms with van der Waals surface area (Å²) in [4.78, 5) is 36.6. The Labute approximate surface area is 197 Å². The Morgan fingerprint density at radius 1 is 1.15 bits per heavy atom. The molecule has 0 atom stereocenters. The second-order valence-corrected chi connectivity index (χ2v) is 9.24. The topological polar surface area (TPSA) is 92.2 Å². The first kappa shape index (κ1) is 20.7. The number of allylic oxidation sites excluding steroid dienone is 1. The van der Waals surface area contributed by atoms with Gasteiger partial charge in [0, 0.05) is 54.9 Å². The lowest BCUT2D eigenvalue weighted by atomic mass is 9.79. The van der Waals surface area contributed by atoms with Crippen molar-refractivity contribution < 1.29 is 9.59 Å². The van der Waals surface area contributed by atoms with Gasteiger partial charge in [0.1, 0.15) is 17.8 Å². The zero-order chi connectivity index (χ0) is 23.3. The van der Waals surface area contributed by atoms with E-state index < -0.39 is 5.54 Å². The third-order valence-corrected chi connectivity index (χ3v) is 7.29. The van der Waals surface area contributed by atoms with Gasteiger partial charge in [-0.15, -0.1) is 0 Å². The lowest BCUT2D eigenvalue weighted by Crippen LogP contribution is -2.57. The Morgan fingerprint density at radius 2 is 1.97 bits per heavy atom. The molecule has 1 saturated heterocycles. The number of para-hydroxylation sites is 1. The molecule has 1 aromatic carbocycles. The molecule has 3 aliphatic rings. The average molecular weight is 455 g/mol. The zero-order valence-corrected chi connectivity index (χ0v) is 19.0. The van der Waals surface area contributed by atoms with E-state index in [1.165, 1.54) is 6.33 Å². The molecule has 4 heterocycles. The van der Waals surface area contributed by atoms with Crippen LogP contribution in [-0.2, 0) is 19.0 Å². The lowest BCUT2D eigenvalue weighted by molar-refractivity contribution is 0.103. The number of amides is 2. The van der Waals surface area contributed by atoms with E-state index in [0.29, 0.717) is 18.8 Å². The molecule has 3 aromatic rings. The van der Waals surface area contributed by atoms with Gasteiger partial charge in [-0.05, 0) is 43.4 Å². The molecule has 0 unspecified atom stereocenters. The summed E-state index contributed by atoms with van der Waals surface area (Å²) in [7, 11) is 1.97. The number of nitrogens with one attached hydrogen (secondary N) is 2. The number of ketones is 1. The van der Waals surface area contributed by atoms with Crippen molar-refractivity contribution in [3.8, 4) is 0 Å². The molecule has 2 amide bonds. The van der Waals surface area contributed by atoms with Crippen LogP contribution in [0.3, 0.4) is 0 Å². The highest BCUT2D eigenvalue weighted by molar-refractivity contribution is 6.09. The van der Waals surface area contributed by atoms with Crippen molar-refractivity contribution >= 4 is 29.4 Å². The molecule has 1 aliphatic carbocycles. The first-order chi connectivity index (χ1) is 16.5. The third kappa shape index (κ3) is 3.29. The van der Waals surface area contributed by atoms with Crippen molar-refractivity contribution in [1.29, 1.82) is 0 Å². The van der Waals surface area contributed by atoms with Gasteiger partial charge in [0.2, 0.25) is 5.78 Å². The number of anilines is 2. The quantitative estimate of drug-likeness (QED) is 0.590. The fourth-order valence-corrected chi connectivity index (χ4v) is 5.53. The number of rotatable bonds is 3. The van der Waals surface area contributed by atoms with Gasteiger partial charge >= 0.3 is 6.03 Å². The van der Waals surface area contributed by atoms with Crippen LogP contribution in [0.2, 0.25) is 0 Å². The maximum atomic E-state index is 13.4. The van der Waals surface area contributed by atoms with E-state index in [2.05, 4.69) is 43.7 Å².